The molecule has 7 nitrogen and oxygen atoms in total. The number of carbonyl (C=O) groups excluding carboxylic acids is 1. The van der Waals surface area contributed by atoms with Crippen LogP contribution in [0.15, 0.2) is 66.9 Å². The predicted molar refractivity (Wildman–Crippen MR) is 141 cm³/mol. The minimum atomic E-state index is -0.664. The molecule has 1 aliphatic rings. The molecule has 4 aromatic rings. The molecule has 10 heteroatoms. The first kappa shape index (κ1) is 25.0. The second-order valence-electron chi connectivity index (χ2n) is 8.47. The van der Waals surface area contributed by atoms with Crippen LogP contribution in [0.4, 0.5) is 9.18 Å². The van der Waals surface area contributed by atoms with Crippen molar-refractivity contribution < 1.29 is 13.9 Å². The van der Waals surface area contributed by atoms with Gasteiger partial charge in [-0.15, -0.1) is 5.10 Å². The molecule has 2 aromatic heterocycles. The van der Waals surface area contributed by atoms with E-state index < -0.39 is 6.09 Å². The lowest BCUT2D eigenvalue weighted by molar-refractivity contribution is 0.194. The first-order valence-electron chi connectivity index (χ1n) is 11.5. The van der Waals surface area contributed by atoms with E-state index in [1.54, 1.807) is 47.3 Å². The monoisotopic (exact) mass is 537 g/mol. The first-order chi connectivity index (χ1) is 17.9. The third-order valence-corrected chi connectivity index (χ3v) is 6.41. The summed E-state index contributed by atoms with van der Waals surface area (Å²) in [5.74, 6) is -0.173. The largest absolute Gasteiger partial charge is 0.414 e. The number of hydrogen-bond acceptors (Lipinski definition) is 5. The van der Waals surface area contributed by atoms with Crippen LogP contribution < -0.4 is 15.4 Å². The van der Waals surface area contributed by atoms with Crippen molar-refractivity contribution in [1.29, 1.82) is 0 Å². The van der Waals surface area contributed by atoms with Crippen molar-refractivity contribution in [3.05, 3.63) is 105 Å². The zero-order valence-corrected chi connectivity index (χ0v) is 21.2. The highest BCUT2D eigenvalue weighted by atomic mass is 35.5. The Labute approximate surface area is 222 Å². The lowest BCUT2D eigenvalue weighted by Crippen LogP contribution is -2.30. The zero-order chi connectivity index (χ0) is 25.9. The topological polar surface area (TPSA) is 81.1 Å². The van der Waals surface area contributed by atoms with E-state index in [9.17, 15) is 9.18 Å². The van der Waals surface area contributed by atoms with Crippen LogP contribution in [-0.2, 0) is 6.54 Å². The Hall–Kier alpha value is -3.72. The first-order valence-corrected chi connectivity index (χ1v) is 12.3. The van der Waals surface area contributed by atoms with Gasteiger partial charge in [0.2, 0.25) is 5.88 Å². The molecule has 0 bridgehead atoms. The minimum Gasteiger partial charge on any atom is -0.389 e. The summed E-state index contributed by atoms with van der Waals surface area (Å²) < 4.78 is 20.8. The molecule has 2 aromatic carbocycles. The Morgan fingerprint density at radius 1 is 1.16 bits per heavy atom. The molecule has 0 aliphatic carbocycles. The number of nitrogens with one attached hydrogen (secondary N) is 2. The fraction of sp³-hybridized carbons (Fsp3) is 0.148. The number of nitrogens with zero attached hydrogens (tertiary/aromatic N) is 3. The van der Waals surface area contributed by atoms with Crippen molar-refractivity contribution in [2.45, 2.75) is 19.5 Å². The van der Waals surface area contributed by atoms with Crippen LogP contribution in [-0.4, -0.2) is 27.4 Å². The number of pyridine rings is 1. The molecular formula is C27H22Cl2FN5O2. The molecule has 3 heterocycles. The van der Waals surface area contributed by atoms with Crippen molar-refractivity contribution in [3.63, 3.8) is 0 Å². The van der Waals surface area contributed by atoms with Gasteiger partial charge in [-0.25, -0.2) is 13.9 Å². The van der Waals surface area contributed by atoms with E-state index in [1.807, 2.05) is 25.1 Å². The molecule has 188 valence electrons. The molecule has 1 amide bonds. The van der Waals surface area contributed by atoms with Gasteiger partial charge in [-0.05, 0) is 66.6 Å². The number of hydrogen-bond donors (Lipinski definition) is 2. The quantitative estimate of drug-likeness (QED) is 0.316. The summed E-state index contributed by atoms with van der Waals surface area (Å²) in [6, 6.07) is 16.4. The Bertz CT molecular complexity index is 1470. The van der Waals surface area contributed by atoms with Crippen LogP contribution >= 0.6 is 23.2 Å². The van der Waals surface area contributed by atoms with Crippen molar-refractivity contribution in [1.82, 2.24) is 25.4 Å². The zero-order valence-electron chi connectivity index (χ0n) is 19.7. The van der Waals surface area contributed by atoms with Gasteiger partial charge in [0.05, 0.1) is 33.7 Å². The van der Waals surface area contributed by atoms with E-state index in [-0.39, 0.29) is 17.7 Å². The average Bonchev–Trinajstić information content (AvgIpc) is 3.24. The Kier molecular flexibility index (Phi) is 7.23. The summed E-state index contributed by atoms with van der Waals surface area (Å²) in [5.41, 5.74) is 4.37. The highest BCUT2D eigenvalue weighted by Gasteiger charge is 2.28. The minimum absolute atomic E-state index is 0.143. The van der Waals surface area contributed by atoms with Gasteiger partial charge in [0, 0.05) is 24.3 Å². The van der Waals surface area contributed by atoms with Gasteiger partial charge in [-0.1, -0.05) is 41.4 Å². The SMILES string of the molecule is C[C@@H](NC(=O)Oc1nn(-c2ccc(Cl)cc2Cl)c2c1CNC/C2=C\c1ccc(F)cc1)c1ccccn1. The summed E-state index contributed by atoms with van der Waals surface area (Å²) in [6.45, 7) is 2.75. The highest BCUT2D eigenvalue weighted by molar-refractivity contribution is 6.35. The molecule has 0 saturated carbocycles. The van der Waals surface area contributed by atoms with Gasteiger partial charge >= 0.3 is 6.09 Å². The molecule has 37 heavy (non-hydrogen) atoms. The second-order valence-corrected chi connectivity index (χ2v) is 9.32. The predicted octanol–water partition coefficient (Wildman–Crippen LogP) is 6.21. The van der Waals surface area contributed by atoms with Gasteiger partial charge in [0.15, 0.2) is 0 Å². The van der Waals surface area contributed by atoms with Crippen LogP contribution in [0.1, 0.15) is 35.5 Å². The lowest BCUT2D eigenvalue weighted by Gasteiger charge is -2.20. The van der Waals surface area contributed by atoms with E-state index in [4.69, 9.17) is 27.9 Å². The van der Waals surface area contributed by atoms with Crippen molar-refractivity contribution in [2.24, 2.45) is 0 Å². The number of fused-ring (bicyclic) bond motifs is 1. The molecule has 0 unspecified atom stereocenters. The fourth-order valence-electron chi connectivity index (χ4n) is 4.11. The molecule has 0 saturated heterocycles. The van der Waals surface area contributed by atoms with E-state index in [2.05, 4.69) is 20.7 Å². The lowest BCUT2D eigenvalue weighted by atomic mass is 10.0. The number of benzene rings is 2. The maximum atomic E-state index is 13.5. The molecule has 2 N–H and O–H groups in total. The van der Waals surface area contributed by atoms with Gasteiger partial charge < -0.3 is 15.4 Å². The van der Waals surface area contributed by atoms with Crippen LogP contribution in [0.2, 0.25) is 10.0 Å². The van der Waals surface area contributed by atoms with Gasteiger partial charge in [-0.2, -0.15) is 0 Å². The highest BCUT2D eigenvalue weighted by Crippen LogP contribution is 2.36. The molecule has 0 spiro atoms. The van der Waals surface area contributed by atoms with Crippen LogP contribution in [0.25, 0.3) is 17.3 Å². The number of carbonyl (C=O) groups is 1. The number of amides is 1. The number of rotatable bonds is 5. The third-order valence-electron chi connectivity index (χ3n) is 5.87. The van der Waals surface area contributed by atoms with Gasteiger partial charge in [0.1, 0.15) is 5.82 Å². The molecule has 5 rings (SSSR count). The van der Waals surface area contributed by atoms with Crippen molar-refractivity contribution >= 4 is 40.9 Å². The number of halogens is 3. The van der Waals surface area contributed by atoms with Crippen LogP contribution in [0.5, 0.6) is 5.88 Å². The second kappa shape index (κ2) is 10.7. The maximum absolute atomic E-state index is 13.5. The molecule has 1 aliphatic heterocycles. The average molecular weight is 538 g/mol. The molecule has 0 radical (unpaired) electrons. The number of ether oxygens (including phenoxy) is 1. The van der Waals surface area contributed by atoms with Gasteiger partial charge in [-0.3, -0.25) is 4.98 Å². The Morgan fingerprint density at radius 2 is 1.97 bits per heavy atom. The van der Waals surface area contributed by atoms with E-state index in [0.717, 1.165) is 16.8 Å². The van der Waals surface area contributed by atoms with Crippen molar-refractivity contribution in [3.8, 4) is 11.6 Å². The maximum Gasteiger partial charge on any atom is 0.414 e. The fourth-order valence-corrected chi connectivity index (χ4v) is 4.60. The van der Waals surface area contributed by atoms with E-state index in [0.29, 0.717) is 40.1 Å². The standard InChI is InChI=1S/C27H22Cl2FN5O2/c1-16(23-4-2-3-11-32-23)33-27(36)37-26-21-15-31-14-18(12-17-5-8-20(30)9-6-17)25(21)35(34-26)24-10-7-19(28)13-22(24)29/h2-13,16,31H,14-15H2,1H3,(H,33,36)/b18-12+/t16-/m1/s1. The van der Waals surface area contributed by atoms with Gasteiger partial charge in [0.25, 0.3) is 0 Å². The van der Waals surface area contributed by atoms with Crippen molar-refractivity contribution in [2.75, 3.05) is 6.54 Å². The molecule has 1 atom stereocenters. The van der Waals surface area contributed by atoms with Crippen LogP contribution in [0.3, 0.4) is 0 Å². The number of aromatic nitrogens is 3. The summed E-state index contributed by atoms with van der Waals surface area (Å²) in [4.78, 5) is 17.1. The summed E-state index contributed by atoms with van der Waals surface area (Å²) >= 11 is 12.7. The normalized spacial score (nSPS) is 14.8. The van der Waals surface area contributed by atoms with E-state index >= 15 is 0 Å². The third kappa shape index (κ3) is 5.51. The van der Waals surface area contributed by atoms with Crippen LogP contribution in [0, 0.1) is 5.82 Å². The summed E-state index contributed by atoms with van der Waals surface area (Å²) in [6.07, 6.45) is 2.93. The molecule has 0 fully saturated rings. The van der Waals surface area contributed by atoms with E-state index in [1.165, 1.54) is 12.1 Å². The Balaban J connectivity index is 1.54. The Morgan fingerprint density at radius 3 is 2.70 bits per heavy atom. The summed E-state index contributed by atoms with van der Waals surface area (Å²) in [7, 11) is 0. The molecular weight excluding hydrogens is 516 g/mol. The smallest absolute Gasteiger partial charge is 0.389 e. The summed E-state index contributed by atoms with van der Waals surface area (Å²) in [5, 5.41) is 11.6.